The monoisotopic (exact) mass is 367 g/mol. The lowest BCUT2D eigenvalue weighted by Gasteiger charge is -2.21. The number of thiophene rings is 1. The first-order valence-corrected chi connectivity index (χ1v) is 8.86. The maximum absolute atomic E-state index is 5.43. The van der Waals surface area contributed by atoms with E-state index in [9.17, 15) is 0 Å². The van der Waals surface area contributed by atoms with E-state index in [1.807, 2.05) is 0 Å². The smallest absolute Gasteiger partial charge is 0.122 e. The quantitative estimate of drug-likeness (QED) is 0.754. The van der Waals surface area contributed by atoms with Gasteiger partial charge in [-0.25, -0.2) is 0 Å². The standard InChI is InChI=1S/C17H22BrNOS/c1-5-6-19-17(16-9-13(18)10-21-16)14-7-12(3)15(20-4)8-11(14)2/h7-10,17,19H,5-6H2,1-4H3. The van der Waals surface area contributed by atoms with Gasteiger partial charge in [-0.05, 0) is 71.6 Å². The molecule has 114 valence electrons. The second kappa shape index (κ2) is 7.43. The fourth-order valence-corrected chi connectivity index (χ4v) is 4.01. The minimum atomic E-state index is 0.242. The highest BCUT2D eigenvalue weighted by atomic mass is 79.9. The van der Waals surface area contributed by atoms with Crippen LogP contribution in [0.25, 0.3) is 0 Å². The second-order valence-corrected chi connectivity index (χ2v) is 7.09. The molecule has 1 atom stereocenters. The predicted molar refractivity (Wildman–Crippen MR) is 94.6 cm³/mol. The lowest BCUT2D eigenvalue weighted by molar-refractivity contribution is 0.411. The zero-order valence-corrected chi connectivity index (χ0v) is 15.4. The lowest BCUT2D eigenvalue weighted by Crippen LogP contribution is -2.23. The molecule has 1 unspecified atom stereocenters. The van der Waals surface area contributed by atoms with Gasteiger partial charge in [-0.3, -0.25) is 0 Å². The number of nitrogens with one attached hydrogen (secondary N) is 1. The number of benzene rings is 1. The number of hydrogen-bond donors (Lipinski definition) is 1. The molecule has 0 fully saturated rings. The molecule has 0 aliphatic rings. The molecule has 21 heavy (non-hydrogen) atoms. The molecular weight excluding hydrogens is 346 g/mol. The molecule has 1 aromatic carbocycles. The van der Waals surface area contributed by atoms with E-state index < -0.39 is 0 Å². The largest absolute Gasteiger partial charge is 0.496 e. The third kappa shape index (κ3) is 3.87. The van der Waals surface area contributed by atoms with Gasteiger partial charge in [0.15, 0.2) is 0 Å². The van der Waals surface area contributed by atoms with Crippen LogP contribution in [0, 0.1) is 13.8 Å². The van der Waals surface area contributed by atoms with Crippen molar-refractivity contribution in [1.29, 1.82) is 0 Å². The first-order chi connectivity index (χ1) is 10.1. The van der Waals surface area contributed by atoms with E-state index in [1.165, 1.54) is 21.6 Å². The maximum atomic E-state index is 5.43. The first kappa shape index (κ1) is 16.5. The molecule has 2 aromatic rings. The summed E-state index contributed by atoms with van der Waals surface area (Å²) in [7, 11) is 1.73. The van der Waals surface area contributed by atoms with Gasteiger partial charge < -0.3 is 10.1 Å². The lowest BCUT2D eigenvalue weighted by atomic mass is 9.97. The Hall–Kier alpha value is -0.840. The number of methoxy groups -OCH3 is 1. The molecule has 0 saturated heterocycles. The molecule has 4 heteroatoms. The van der Waals surface area contributed by atoms with E-state index in [2.05, 4.69) is 65.6 Å². The van der Waals surface area contributed by atoms with Gasteiger partial charge in [0.25, 0.3) is 0 Å². The molecule has 0 amide bonds. The van der Waals surface area contributed by atoms with Crippen LogP contribution in [0.5, 0.6) is 5.75 Å². The Morgan fingerprint density at radius 3 is 2.57 bits per heavy atom. The van der Waals surface area contributed by atoms with E-state index in [0.29, 0.717) is 0 Å². The average Bonchev–Trinajstić information content (AvgIpc) is 2.89. The van der Waals surface area contributed by atoms with Crippen LogP contribution in [0.4, 0.5) is 0 Å². The summed E-state index contributed by atoms with van der Waals surface area (Å²) in [5.74, 6) is 0.956. The van der Waals surface area contributed by atoms with Crippen molar-refractivity contribution in [3.63, 3.8) is 0 Å². The van der Waals surface area contributed by atoms with E-state index in [0.717, 1.165) is 23.2 Å². The third-order valence-corrected chi connectivity index (χ3v) is 5.32. The Morgan fingerprint density at radius 1 is 1.24 bits per heavy atom. The summed E-state index contributed by atoms with van der Waals surface area (Å²) in [5.41, 5.74) is 3.77. The van der Waals surface area contributed by atoms with Gasteiger partial charge in [-0.1, -0.05) is 13.0 Å². The minimum Gasteiger partial charge on any atom is -0.496 e. The van der Waals surface area contributed by atoms with Crippen molar-refractivity contribution in [3.8, 4) is 5.75 Å². The number of hydrogen-bond acceptors (Lipinski definition) is 3. The van der Waals surface area contributed by atoms with E-state index in [1.54, 1.807) is 18.4 Å². The number of aryl methyl sites for hydroxylation is 2. The minimum absolute atomic E-state index is 0.242. The summed E-state index contributed by atoms with van der Waals surface area (Å²) >= 11 is 5.35. The van der Waals surface area contributed by atoms with Crippen LogP contribution in [-0.4, -0.2) is 13.7 Å². The highest BCUT2D eigenvalue weighted by Gasteiger charge is 2.18. The highest BCUT2D eigenvalue weighted by Crippen LogP contribution is 2.34. The van der Waals surface area contributed by atoms with Crippen molar-refractivity contribution >= 4 is 27.3 Å². The molecule has 0 spiro atoms. The normalized spacial score (nSPS) is 12.4. The van der Waals surface area contributed by atoms with Crippen molar-refractivity contribution in [2.75, 3.05) is 13.7 Å². The van der Waals surface area contributed by atoms with E-state index in [-0.39, 0.29) is 6.04 Å². The van der Waals surface area contributed by atoms with Crippen LogP contribution < -0.4 is 10.1 Å². The van der Waals surface area contributed by atoms with Gasteiger partial charge in [0.05, 0.1) is 13.2 Å². The molecule has 0 radical (unpaired) electrons. The van der Waals surface area contributed by atoms with Crippen LogP contribution in [0.3, 0.4) is 0 Å². The second-order valence-electron chi connectivity index (χ2n) is 5.23. The Bertz CT molecular complexity index is 609. The van der Waals surface area contributed by atoms with Crippen LogP contribution >= 0.6 is 27.3 Å². The van der Waals surface area contributed by atoms with E-state index in [4.69, 9.17) is 4.74 Å². The number of ether oxygens (including phenoxy) is 1. The number of halogens is 1. The Kier molecular flexibility index (Phi) is 5.85. The van der Waals surface area contributed by atoms with Gasteiger partial charge >= 0.3 is 0 Å². The molecule has 1 N–H and O–H groups in total. The van der Waals surface area contributed by atoms with Crippen LogP contribution in [0.2, 0.25) is 0 Å². The summed E-state index contributed by atoms with van der Waals surface area (Å²) in [5, 5.41) is 5.81. The molecule has 0 aliphatic carbocycles. The Balaban J connectivity index is 2.43. The fourth-order valence-electron chi connectivity index (χ4n) is 2.48. The zero-order chi connectivity index (χ0) is 15.4. The van der Waals surface area contributed by atoms with Crippen molar-refractivity contribution in [2.24, 2.45) is 0 Å². The average molecular weight is 368 g/mol. The molecule has 2 rings (SSSR count). The van der Waals surface area contributed by atoms with Gasteiger partial charge in [0, 0.05) is 14.7 Å². The predicted octanol–water partition coefficient (Wildman–Crippen LogP) is 5.23. The van der Waals surface area contributed by atoms with E-state index >= 15 is 0 Å². The topological polar surface area (TPSA) is 21.3 Å². The van der Waals surface area contributed by atoms with Gasteiger partial charge in [0.2, 0.25) is 0 Å². The molecule has 1 aromatic heterocycles. The molecule has 2 nitrogen and oxygen atoms in total. The summed E-state index contributed by atoms with van der Waals surface area (Å²) < 4.78 is 6.57. The van der Waals surface area contributed by atoms with Gasteiger partial charge in [-0.15, -0.1) is 11.3 Å². The molecular formula is C17H22BrNOS. The molecule has 1 heterocycles. The van der Waals surface area contributed by atoms with Crippen molar-refractivity contribution in [1.82, 2.24) is 5.32 Å². The summed E-state index contributed by atoms with van der Waals surface area (Å²) in [6.07, 6.45) is 1.12. The van der Waals surface area contributed by atoms with Crippen molar-refractivity contribution in [2.45, 2.75) is 33.2 Å². The molecule has 0 bridgehead atoms. The van der Waals surface area contributed by atoms with Crippen molar-refractivity contribution < 1.29 is 4.74 Å². The Labute approximate surface area is 139 Å². The van der Waals surface area contributed by atoms with Crippen molar-refractivity contribution in [3.05, 3.63) is 49.6 Å². The highest BCUT2D eigenvalue weighted by molar-refractivity contribution is 9.10. The first-order valence-electron chi connectivity index (χ1n) is 7.19. The van der Waals surface area contributed by atoms with Gasteiger partial charge in [-0.2, -0.15) is 0 Å². The Morgan fingerprint density at radius 2 is 2.00 bits per heavy atom. The molecule has 0 saturated carbocycles. The third-order valence-electron chi connectivity index (χ3n) is 3.57. The SMILES string of the molecule is CCCNC(c1cc(Br)cs1)c1cc(C)c(OC)cc1C. The summed E-state index contributed by atoms with van der Waals surface area (Å²) in [6, 6.07) is 6.82. The number of rotatable bonds is 6. The van der Waals surface area contributed by atoms with Gasteiger partial charge in [0.1, 0.15) is 5.75 Å². The summed E-state index contributed by atoms with van der Waals surface area (Å²) in [4.78, 5) is 1.34. The fraction of sp³-hybridized carbons (Fsp3) is 0.412. The maximum Gasteiger partial charge on any atom is 0.122 e. The zero-order valence-electron chi connectivity index (χ0n) is 13.0. The summed E-state index contributed by atoms with van der Waals surface area (Å²) in [6.45, 7) is 7.45. The van der Waals surface area contributed by atoms with Crippen LogP contribution in [-0.2, 0) is 0 Å². The van der Waals surface area contributed by atoms with Crippen LogP contribution in [0.1, 0.15) is 41.0 Å². The van der Waals surface area contributed by atoms with Crippen LogP contribution in [0.15, 0.2) is 28.1 Å². The molecule has 0 aliphatic heterocycles.